The Morgan fingerprint density at radius 2 is 1.00 bits per heavy atom. The van der Waals surface area contributed by atoms with Crippen LogP contribution in [0.2, 0.25) is 0 Å². The van der Waals surface area contributed by atoms with Gasteiger partial charge in [-0.2, -0.15) is 0 Å². The van der Waals surface area contributed by atoms with Crippen LogP contribution < -0.4 is 5.46 Å². The molecule has 1 fully saturated rings. The highest BCUT2D eigenvalue weighted by Gasteiger charge is 2.51. The molecule has 6 aromatic rings. The summed E-state index contributed by atoms with van der Waals surface area (Å²) in [6.07, 6.45) is 4.64. The van der Waals surface area contributed by atoms with E-state index in [0.29, 0.717) is 0 Å². The van der Waals surface area contributed by atoms with Crippen molar-refractivity contribution in [1.29, 1.82) is 0 Å². The molecule has 0 aromatic heterocycles. The van der Waals surface area contributed by atoms with E-state index in [-0.39, 0.29) is 11.2 Å². The van der Waals surface area contributed by atoms with Crippen LogP contribution in [0.25, 0.3) is 54.6 Å². The van der Waals surface area contributed by atoms with E-state index in [9.17, 15) is 0 Å². The maximum Gasteiger partial charge on any atom is 0.494 e. The predicted octanol–water partition coefficient (Wildman–Crippen LogP) is 9.66. The zero-order chi connectivity index (χ0) is 29.3. The average Bonchev–Trinajstić information content (AvgIpc) is 3.25. The molecule has 2 aliphatic rings. The van der Waals surface area contributed by atoms with Gasteiger partial charge in [0.05, 0.1) is 11.2 Å². The Balaban J connectivity index is 1.43. The Kier molecular flexibility index (Phi) is 6.09. The lowest BCUT2D eigenvalue weighted by atomic mass is 9.73. The van der Waals surface area contributed by atoms with E-state index in [1.54, 1.807) is 0 Å². The maximum absolute atomic E-state index is 6.56. The van der Waals surface area contributed by atoms with Crippen LogP contribution >= 0.6 is 0 Å². The van der Waals surface area contributed by atoms with Crippen molar-refractivity contribution in [3.05, 3.63) is 114 Å². The molecule has 1 saturated heterocycles. The third-order valence-corrected chi connectivity index (χ3v) is 10.3. The van der Waals surface area contributed by atoms with Gasteiger partial charge in [0.1, 0.15) is 0 Å². The van der Waals surface area contributed by atoms with Crippen LogP contribution in [-0.4, -0.2) is 18.3 Å². The van der Waals surface area contributed by atoms with Crippen LogP contribution in [0.15, 0.2) is 103 Å². The van der Waals surface area contributed by atoms with Gasteiger partial charge in [-0.3, -0.25) is 0 Å². The van der Waals surface area contributed by atoms with E-state index in [0.717, 1.165) is 18.3 Å². The minimum atomic E-state index is -0.404. The lowest BCUT2D eigenvalue weighted by Crippen LogP contribution is -2.41. The van der Waals surface area contributed by atoms with E-state index < -0.39 is 7.12 Å². The Morgan fingerprint density at radius 3 is 1.53 bits per heavy atom. The highest BCUT2D eigenvalue weighted by molar-refractivity contribution is 6.62. The molecule has 0 saturated carbocycles. The number of benzene rings is 6. The molecule has 3 heteroatoms. The van der Waals surface area contributed by atoms with Crippen molar-refractivity contribution in [1.82, 2.24) is 0 Å². The SMILES string of the molecule is CC1(C)OB(c2ccc3c(-c4ccc5ccccc5c4)c4c(c(-c5ccc6ccccc6c5)c3c2)CCCC4)OC1(C)C. The maximum atomic E-state index is 6.56. The zero-order valence-corrected chi connectivity index (χ0v) is 25.5. The lowest BCUT2D eigenvalue weighted by molar-refractivity contribution is 0.00578. The minimum absolute atomic E-state index is 0.389. The van der Waals surface area contributed by atoms with Crippen LogP contribution in [0, 0.1) is 0 Å². The molecule has 0 atom stereocenters. The van der Waals surface area contributed by atoms with Gasteiger partial charge in [-0.05, 0) is 137 Å². The normalized spacial score (nSPS) is 17.5. The van der Waals surface area contributed by atoms with Crippen LogP contribution in [0.5, 0.6) is 0 Å². The highest BCUT2D eigenvalue weighted by Crippen LogP contribution is 2.46. The van der Waals surface area contributed by atoms with Crippen molar-refractivity contribution < 1.29 is 9.31 Å². The van der Waals surface area contributed by atoms with Crippen molar-refractivity contribution in [3.63, 3.8) is 0 Å². The Morgan fingerprint density at radius 1 is 0.512 bits per heavy atom. The molecule has 43 heavy (non-hydrogen) atoms. The van der Waals surface area contributed by atoms with Crippen LogP contribution in [0.1, 0.15) is 51.7 Å². The average molecular weight is 561 g/mol. The second kappa shape index (κ2) is 9.81. The summed E-state index contributed by atoms with van der Waals surface area (Å²) in [6, 6.07) is 38.3. The minimum Gasteiger partial charge on any atom is -0.399 e. The summed E-state index contributed by atoms with van der Waals surface area (Å²) in [5, 5.41) is 7.70. The molecular weight excluding hydrogens is 523 g/mol. The topological polar surface area (TPSA) is 18.5 Å². The van der Waals surface area contributed by atoms with Gasteiger partial charge in [-0.25, -0.2) is 0 Å². The molecule has 0 bridgehead atoms. The molecule has 0 amide bonds. The van der Waals surface area contributed by atoms with Crippen LogP contribution in [0.3, 0.4) is 0 Å². The molecule has 1 aliphatic carbocycles. The summed E-state index contributed by atoms with van der Waals surface area (Å²) in [7, 11) is -0.404. The zero-order valence-electron chi connectivity index (χ0n) is 25.5. The van der Waals surface area contributed by atoms with Gasteiger partial charge in [0, 0.05) is 0 Å². The highest BCUT2D eigenvalue weighted by atomic mass is 16.7. The largest absolute Gasteiger partial charge is 0.494 e. The molecule has 2 nitrogen and oxygen atoms in total. The number of rotatable bonds is 3. The summed E-state index contributed by atoms with van der Waals surface area (Å²) in [5.41, 5.74) is 8.67. The molecule has 6 aromatic carbocycles. The summed E-state index contributed by atoms with van der Waals surface area (Å²) in [5.74, 6) is 0. The Labute approximate surface area is 254 Å². The fraction of sp³-hybridized carbons (Fsp3) is 0.250. The fourth-order valence-electron chi connectivity index (χ4n) is 7.24. The summed E-state index contributed by atoms with van der Waals surface area (Å²) in [6.45, 7) is 8.51. The van der Waals surface area contributed by atoms with Crippen LogP contribution in [0.4, 0.5) is 0 Å². The lowest BCUT2D eigenvalue weighted by Gasteiger charge is -2.32. The fourth-order valence-corrected chi connectivity index (χ4v) is 7.24. The first kappa shape index (κ1) is 26.7. The van der Waals surface area contributed by atoms with Gasteiger partial charge in [0.2, 0.25) is 0 Å². The Bertz CT molecular complexity index is 2040. The van der Waals surface area contributed by atoms with E-state index in [1.807, 2.05) is 0 Å². The van der Waals surface area contributed by atoms with Gasteiger partial charge in [-0.15, -0.1) is 0 Å². The summed E-state index contributed by atoms with van der Waals surface area (Å²) in [4.78, 5) is 0. The number of hydrogen-bond acceptors (Lipinski definition) is 2. The van der Waals surface area contributed by atoms with Crippen molar-refractivity contribution in [2.75, 3.05) is 0 Å². The first-order valence-corrected chi connectivity index (χ1v) is 15.7. The van der Waals surface area contributed by atoms with E-state index in [1.165, 1.54) is 78.5 Å². The van der Waals surface area contributed by atoms with Gasteiger partial charge < -0.3 is 9.31 Å². The quantitative estimate of drug-likeness (QED) is 0.201. The molecule has 1 aliphatic heterocycles. The third kappa shape index (κ3) is 4.32. The number of fused-ring (bicyclic) bond motifs is 4. The van der Waals surface area contributed by atoms with Crippen molar-refractivity contribution in [2.45, 2.75) is 64.6 Å². The second-order valence-corrected chi connectivity index (χ2v) is 13.4. The molecule has 0 unspecified atom stereocenters. The first-order valence-electron chi connectivity index (χ1n) is 15.7. The smallest absolute Gasteiger partial charge is 0.399 e. The summed E-state index contributed by atoms with van der Waals surface area (Å²) < 4.78 is 13.1. The standard InChI is InChI=1S/C40H37BO2/c1-39(2)40(3,4)43-41(42-39)32-21-22-35-36(25-32)38(31-20-18-27-12-6-8-14-29(27)24-31)34-16-10-9-15-33(34)37(35)30-19-17-26-11-5-7-13-28(26)23-30/h5-8,11-14,17-25H,9-10,15-16H2,1-4H3. The first-order chi connectivity index (χ1) is 20.8. The molecule has 1 heterocycles. The number of hydrogen-bond donors (Lipinski definition) is 0. The third-order valence-electron chi connectivity index (χ3n) is 10.3. The van der Waals surface area contributed by atoms with Crippen molar-refractivity contribution in [2.24, 2.45) is 0 Å². The van der Waals surface area contributed by atoms with Gasteiger partial charge in [0.15, 0.2) is 0 Å². The van der Waals surface area contributed by atoms with E-state index >= 15 is 0 Å². The second-order valence-electron chi connectivity index (χ2n) is 13.4. The molecule has 0 spiro atoms. The molecule has 0 radical (unpaired) electrons. The van der Waals surface area contributed by atoms with E-state index in [2.05, 4.69) is 131 Å². The monoisotopic (exact) mass is 560 g/mol. The molecule has 8 rings (SSSR count). The van der Waals surface area contributed by atoms with Gasteiger partial charge >= 0.3 is 7.12 Å². The Hall–Kier alpha value is -3.92. The predicted molar refractivity (Wildman–Crippen MR) is 182 cm³/mol. The summed E-state index contributed by atoms with van der Waals surface area (Å²) >= 11 is 0. The van der Waals surface area contributed by atoms with Crippen LogP contribution in [-0.2, 0) is 22.2 Å². The molecule has 212 valence electrons. The molecule has 0 N–H and O–H groups in total. The van der Waals surface area contributed by atoms with Crippen molar-refractivity contribution >= 4 is 44.9 Å². The molecular formula is C40H37BO2. The van der Waals surface area contributed by atoms with E-state index in [4.69, 9.17) is 9.31 Å². The van der Waals surface area contributed by atoms with Gasteiger partial charge in [-0.1, -0.05) is 91.0 Å². The van der Waals surface area contributed by atoms with Gasteiger partial charge in [0.25, 0.3) is 0 Å². The van der Waals surface area contributed by atoms with Crippen molar-refractivity contribution in [3.8, 4) is 22.3 Å².